The molecule has 0 radical (unpaired) electrons. The van der Waals surface area contributed by atoms with Crippen molar-refractivity contribution in [3.63, 3.8) is 0 Å². The molecule has 9 nitrogen and oxygen atoms in total. The van der Waals surface area contributed by atoms with Crippen LogP contribution >= 0.6 is 34.9 Å². The van der Waals surface area contributed by atoms with Crippen molar-refractivity contribution in [2.24, 2.45) is 11.1 Å². The van der Waals surface area contributed by atoms with Gasteiger partial charge in [-0.1, -0.05) is 11.8 Å². The van der Waals surface area contributed by atoms with Crippen LogP contribution in [0.15, 0.2) is 17.5 Å². The summed E-state index contributed by atoms with van der Waals surface area (Å²) < 4.78 is 10.1. The summed E-state index contributed by atoms with van der Waals surface area (Å²) in [5.41, 5.74) is 5.76. The smallest absolute Gasteiger partial charge is 0.357 e. The third-order valence-electron chi connectivity index (χ3n) is 4.45. The Hall–Kier alpha value is -1.89. The molecule has 1 fully saturated rings. The maximum absolute atomic E-state index is 12.8. The standard InChI is InChI=1S/C19H23N3O6S3/c1-9-5-21-13(31-9)17(25)30-7-10-6-29-15-11(20)14(23)22(15)12(10)16(24)27-8-28-18(26)19(2,3)4/h5,11,15H,6-8,20H2,1-4H3/t11?,15-/m0/s1. The zero-order valence-corrected chi connectivity index (χ0v) is 19.9. The Balaban J connectivity index is 1.72. The molecule has 0 bridgehead atoms. The molecule has 3 rings (SSSR count). The Morgan fingerprint density at radius 1 is 1.32 bits per heavy atom. The molecular formula is C19H23N3O6S3. The fraction of sp³-hybridized carbons (Fsp3) is 0.526. The van der Waals surface area contributed by atoms with Gasteiger partial charge in [0, 0.05) is 22.6 Å². The van der Waals surface area contributed by atoms with Crippen molar-refractivity contribution in [1.29, 1.82) is 0 Å². The van der Waals surface area contributed by atoms with Gasteiger partial charge in [-0.05, 0) is 33.3 Å². The van der Waals surface area contributed by atoms with Crippen molar-refractivity contribution in [3.05, 3.63) is 27.4 Å². The molecule has 0 aromatic carbocycles. The Bertz CT molecular complexity index is 952. The predicted molar refractivity (Wildman–Crippen MR) is 118 cm³/mol. The van der Waals surface area contributed by atoms with E-state index in [-0.39, 0.29) is 27.8 Å². The molecule has 2 atom stereocenters. The Morgan fingerprint density at radius 2 is 2.03 bits per heavy atom. The molecule has 12 heteroatoms. The Labute approximate surface area is 192 Å². The molecule has 2 aliphatic heterocycles. The highest BCUT2D eigenvalue weighted by Crippen LogP contribution is 2.40. The number of thioether (sulfide) groups is 2. The highest BCUT2D eigenvalue weighted by atomic mass is 32.2. The lowest BCUT2D eigenvalue weighted by molar-refractivity contribution is -0.173. The molecule has 1 aromatic rings. The number of amides is 1. The molecule has 31 heavy (non-hydrogen) atoms. The minimum Gasteiger partial charge on any atom is -0.427 e. The number of esters is 2. The van der Waals surface area contributed by atoms with E-state index in [1.807, 2.05) is 6.92 Å². The van der Waals surface area contributed by atoms with Crippen molar-refractivity contribution < 1.29 is 28.7 Å². The zero-order valence-electron chi connectivity index (χ0n) is 17.5. The van der Waals surface area contributed by atoms with Crippen LogP contribution in [0.1, 0.15) is 35.5 Å². The van der Waals surface area contributed by atoms with Crippen molar-refractivity contribution in [2.75, 3.05) is 18.3 Å². The highest BCUT2D eigenvalue weighted by molar-refractivity contribution is 8.14. The number of aryl methyl sites for hydroxylation is 1. The van der Waals surface area contributed by atoms with Crippen LogP contribution in [0.25, 0.3) is 0 Å². The van der Waals surface area contributed by atoms with Gasteiger partial charge in [-0.25, -0.2) is 9.78 Å². The maximum Gasteiger partial charge on any atom is 0.357 e. The van der Waals surface area contributed by atoms with Crippen LogP contribution in [-0.2, 0) is 23.9 Å². The molecule has 0 spiro atoms. The summed E-state index contributed by atoms with van der Waals surface area (Å²) in [5, 5.41) is -0.195. The number of carbonyl (C=O) groups is 4. The molecular weight excluding hydrogens is 462 g/mol. The quantitative estimate of drug-likeness (QED) is 0.362. The summed E-state index contributed by atoms with van der Waals surface area (Å²) in [6.45, 7) is 6.33. The number of fused-ring (bicyclic) bond motifs is 1. The number of β-lactam (4-membered cyclic amide) rings is 1. The van der Waals surface area contributed by atoms with E-state index in [0.29, 0.717) is 16.3 Å². The number of aromatic nitrogens is 1. The van der Waals surface area contributed by atoms with Gasteiger partial charge in [0.1, 0.15) is 17.1 Å². The number of thiazole rings is 1. The van der Waals surface area contributed by atoms with Gasteiger partial charge in [0.05, 0.1) is 5.41 Å². The second kappa shape index (κ2) is 9.31. The number of ether oxygens (including phenoxy) is 2. The molecule has 0 aliphatic carbocycles. The zero-order chi connectivity index (χ0) is 22.9. The van der Waals surface area contributed by atoms with Gasteiger partial charge < -0.3 is 15.2 Å². The monoisotopic (exact) mass is 485 g/mol. The molecule has 1 aromatic heterocycles. The fourth-order valence-corrected chi connectivity index (χ4v) is 5.81. The van der Waals surface area contributed by atoms with Crippen LogP contribution in [0.4, 0.5) is 0 Å². The number of hydrogen-bond acceptors (Lipinski definition) is 11. The van der Waals surface area contributed by atoms with Gasteiger partial charge in [-0.3, -0.25) is 19.3 Å². The summed E-state index contributed by atoms with van der Waals surface area (Å²) in [6, 6.07) is -0.694. The normalized spacial score (nSPS) is 20.8. The van der Waals surface area contributed by atoms with Crippen LogP contribution in [0.5, 0.6) is 0 Å². The van der Waals surface area contributed by atoms with Crippen molar-refractivity contribution >= 4 is 57.8 Å². The molecule has 1 saturated heterocycles. The number of nitrogens with zero attached hydrogens (tertiary/aromatic N) is 2. The van der Waals surface area contributed by atoms with E-state index in [1.54, 1.807) is 27.0 Å². The first-order valence-electron chi connectivity index (χ1n) is 9.37. The third kappa shape index (κ3) is 5.13. The van der Waals surface area contributed by atoms with Crippen LogP contribution in [-0.4, -0.2) is 62.6 Å². The second-order valence-electron chi connectivity index (χ2n) is 7.97. The number of carbonyl (C=O) groups excluding carboxylic acids is 4. The molecule has 2 N–H and O–H groups in total. The first-order chi connectivity index (χ1) is 14.5. The van der Waals surface area contributed by atoms with E-state index >= 15 is 0 Å². The minimum absolute atomic E-state index is 0.0675. The average molecular weight is 486 g/mol. The molecule has 2 aliphatic rings. The van der Waals surface area contributed by atoms with Gasteiger partial charge in [-0.2, -0.15) is 0 Å². The van der Waals surface area contributed by atoms with Crippen molar-refractivity contribution in [3.8, 4) is 0 Å². The van der Waals surface area contributed by atoms with E-state index in [0.717, 1.165) is 16.6 Å². The Kier molecular flexibility index (Phi) is 7.14. The van der Waals surface area contributed by atoms with Crippen LogP contribution < -0.4 is 5.73 Å². The van der Waals surface area contributed by atoms with E-state index in [9.17, 15) is 19.2 Å². The lowest BCUT2D eigenvalue weighted by atomic mass is 9.98. The summed E-state index contributed by atoms with van der Waals surface area (Å²) in [5.74, 6) is -1.08. The van der Waals surface area contributed by atoms with Gasteiger partial charge in [0.25, 0.3) is 0 Å². The predicted octanol–water partition coefficient (Wildman–Crippen LogP) is 1.91. The molecule has 1 unspecified atom stereocenters. The Morgan fingerprint density at radius 3 is 2.65 bits per heavy atom. The molecule has 3 heterocycles. The fourth-order valence-electron chi connectivity index (χ4n) is 2.76. The number of hydrogen-bond donors (Lipinski definition) is 1. The summed E-state index contributed by atoms with van der Waals surface area (Å²) >= 11 is 3.73. The van der Waals surface area contributed by atoms with Gasteiger partial charge in [0.2, 0.25) is 17.8 Å². The van der Waals surface area contributed by atoms with E-state index < -0.39 is 30.2 Å². The summed E-state index contributed by atoms with van der Waals surface area (Å²) in [4.78, 5) is 55.7. The van der Waals surface area contributed by atoms with Crippen LogP contribution in [0.3, 0.4) is 0 Å². The average Bonchev–Trinajstić information content (AvgIpc) is 3.16. The summed E-state index contributed by atoms with van der Waals surface area (Å²) in [7, 11) is 0. The van der Waals surface area contributed by atoms with Gasteiger partial charge >= 0.3 is 11.9 Å². The first kappa shape index (κ1) is 23.8. The maximum atomic E-state index is 12.8. The highest BCUT2D eigenvalue weighted by Gasteiger charge is 2.52. The molecule has 0 saturated carbocycles. The first-order valence-corrected chi connectivity index (χ1v) is 12.2. The van der Waals surface area contributed by atoms with E-state index in [2.05, 4.69) is 4.98 Å². The SMILES string of the molecule is Cc1cnc(C(=O)SCC2=C(C(=O)OCOC(=O)C(C)(C)C)N3C(=O)C(N)[C@@H]3SC2)s1. The second-order valence-corrected chi connectivity index (χ2v) is 11.3. The third-order valence-corrected chi connectivity index (χ3v) is 7.80. The lowest BCUT2D eigenvalue weighted by Gasteiger charge is -2.48. The number of rotatable bonds is 6. The van der Waals surface area contributed by atoms with Crippen LogP contribution in [0, 0.1) is 12.3 Å². The van der Waals surface area contributed by atoms with Gasteiger partial charge in [-0.15, -0.1) is 23.1 Å². The molecule has 168 valence electrons. The molecule has 1 amide bonds. The largest absolute Gasteiger partial charge is 0.427 e. The lowest BCUT2D eigenvalue weighted by Crippen LogP contribution is -2.68. The van der Waals surface area contributed by atoms with Crippen molar-refractivity contribution in [1.82, 2.24) is 9.88 Å². The summed E-state index contributed by atoms with van der Waals surface area (Å²) in [6.07, 6.45) is 1.63. The van der Waals surface area contributed by atoms with Crippen molar-refractivity contribution in [2.45, 2.75) is 39.1 Å². The topological polar surface area (TPSA) is 129 Å². The van der Waals surface area contributed by atoms with E-state index in [4.69, 9.17) is 15.2 Å². The van der Waals surface area contributed by atoms with Crippen LogP contribution in [0.2, 0.25) is 0 Å². The van der Waals surface area contributed by atoms with E-state index in [1.165, 1.54) is 28.0 Å². The van der Waals surface area contributed by atoms with Gasteiger partial charge in [0.15, 0.2) is 5.01 Å². The number of nitrogens with two attached hydrogens (primary N) is 1. The minimum atomic E-state index is -0.791.